The predicted molar refractivity (Wildman–Crippen MR) is 29.4 cm³/mol. The Labute approximate surface area is 56.8 Å². The van der Waals surface area contributed by atoms with E-state index in [1.54, 1.807) is 0 Å². The zero-order chi connectivity index (χ0) is 7.99. The molecular formula is C6H9F3O. The van der Waals surface area contributed by atoms with E-state index in [0.29, 0.717) is 12.8 Å². The molecule has 0 aromatic rings. The third kappa shape index (κ3) is 1.26. The largest absolute Gasteiger partial charge is 0.414 e. The molecule has 0 bridgehead atoms. The predicted octanol–water partition coefficient (Wildman–Crippen LogP) is 1.71. The molecule has 1 aliphatic rings. The quantitative estimate of drug-likeness (QED) is 0.609. The van der Waals surface area contributed by atoms with Crippen molar-refractivity contribution in [2.24, 2.45) is 5.41 Å². The second-order valence-corrected chi connectivity index (χ2v) is 3.10. The third-order valence-corrected chi connectivity index (χ3v) is 2.01. The molecule has 1 fully saturated rings. The first kappa shape index (κ1) is 7.85. The van der Waals surface area contributed by atoms with Crippen LogP contribution in [0.5, 0.6) is 0 Å². The first-order valence-electron chi connectivity index (χ1n) is 3.11. The zero-order valence-corrected chi connectivity index (χ0v) is 5.57. The lowest BCUT2D eigenvalue weighted by atomic mass is 10.0. The molecule has 1 atom stereocenters. The fraction of sp³-hybridized carbons (Fsp3) is 1.00. The van der Waals surface area contributed by atoms with Crippen LogP contribution in [0.3, 0.4) is 0 Å². The van der Waals surface area contributed by atoms with Crippen LogP contribution in [0.1, 0.15) is 19.8 Å². The fourth-order valence-corrected chi connectivity index (χ4v) is 0.866. The van der Waals surface area contributed by atoms with Crippen molar-refractivity contribution in [2.45, 2.75) is 32.0 Å². The van der Waals surface area contributed by atoms with Crippen molar-refractivity contribution in [3.63, 3.8) is 0 Å². The molecule has 1 rings (SSSR count). The van der Waals surface area contributed by atoms with Gasteiger partial charge in [-0.05, 0) is 12.8 Å². The highest BCUT2D eigenvalue weighted by Gasteiger charge is 2.56. The molecular weight excluding hydrogens is 145 g/mol. The maximum atomic E-state index is 11.7. The number of rotatable bonds is 1. The van der Waals surface area contributed by atoms with Crippen LogP contribution in [0.2, 0.25) is 0 Å². The van der Waals surface area contributed by atoms with E-state index < -0.39 is 17.7 Å². The minimum Gasteiger partial charge on any atom is -0.383 e. The lowest BCUT2D eigenvalue weighted by Crippen LogP contribution is -2.35. The molecule has 1 N–H and O–H groups in total. The number of hydrogen-bond acceptors (Lipinski definition) is 1. The van der Waals surface area contributed by atoms with Gasteiger partial charge in [0, 0.05) is 5.41 Å². The summed E-state index contributed by atoms with van der Waals surface area (Å²) in [6.45, 7) is 1.45. The Morgan fingerprint density at radius 3 is 1.90 bits per heavy atom. The number of aliphatic hydroxyl groups is 1. The molecule has 0 aliphatic heterocycles. The Morgan fingerprint density at radius 1 is 1.40 bits per heavy atom. The molecule has 1 nitrogen and oxygen atoms in total. The summed E-state index contributed by atoms with van der Waals surface area (Å²) in [6.07, 6.45) is -5.60. The topological polar surface area (TPSA) is 20.2 Å². The lowest BCUT2D eigenvalue weighted by Gasteiger charge is -2.19. The van der Waals surface area contributed by atoms with Crippen molar-refractivity contribution in [1.82, 2.24) is 0 Å². The number of hydrogen-bond donors (Lipinski definition) is 1. The van der Waals surface area contributed by atoms with E-state index in [1.807, 2.05) is 0 Å². The van der Waals surface area contributed by atoms with Gasteiger partial charge in [0.15, 0.2) is 6.10 Å². The molecule has 0 aromatic heterocycles. The Balaban J connectivity index is 2.57. The first-order valence-corrected chi connectivity index (χ1v) is 3.11. The molecule has 0 aromatic carbocycles. The molecule has 10 heavy (non-hydrogen) atoms. The molecule has 60 valence electrons. The molecule has 1 aliphatic carbocycles. The van der Waals surface area contributed by atoms with Crippen LogP contribution in [0, 0.1) is 5.41 Å². The molecule has 0 amide bonds. The summed E-state index contributed by atoms with van der Waals surface area (Å²) < 4.78 is 35.2. The second-order valence-electron chi connectivity index (χ2n) is 3.10. The standard InChI is InChI=1S/C6H9F3O/c1-5(2-3-5)4(10)6(7,8)9/h4,10H,2-3H2,1H3/t4-/m0/s1. The van der Waals surface area contributed by atoms with Gasteiger partial charge < -0.3 is 5.11 Å². The van der Waals surface area contributed by atoms with Gasteiger partial charge in [-0.3, -0.25) is 0 Å². The summed E-state index contributed by atoms with van der Waals surface area (Å²) in [6, 6.07) is 0. The second kappa shape index (κ2) is 1.87. The SMILES string of the molecule is CC1([C@H](O)C(F)(F)F)CC1. The van der Waals surface area contributed by atoms with Gasteiger partial charge in [-0.25, -0.2) is 0 Å². The average molecular weight is 154 g/mol. The van der Waals surface area contributed by atoms with Crippen LogP contribution < -0.4 is 0 Å². The smallest absolute Gasteiger partial charge is 0.383 e. The minimum atomic E-state index is -4.44. The Kier molecular flexibility index (Phi) is 1.47. The summed E-state index contributed by atoms with van der Waals surface area (Å²) >= 11 is 0. The van der Waals surface area contributed by atoms with E-state index in [2.05, 4.69) is 0 Å². The Morgan fingerprint density at radius 2 is 1.80 bits per heavy atom. The van der Waals surface area contributed by atoms with Gasteiger partial charge in [-0.1, -0.05) is 6.92 Å². The average Bonchev–Trinajstić information content (AvgIpc) is 2.45. The van der Waals surface area contributed by atoms with Crippen LogP contribution in [-0.2, 0) is 0 Å². The number of alkyl halides is 3. The minimum absolute atomic E-state index is 0.480. The fourth-order valence-electron chi connectivity index (χ4n) is 0.866. The van der Waals surface area contributed by atoms with Crippen molar-refractivity contribution < 1.29 is 18.3 Å². The summed E-state index contributed by atoms with van der Waals surface area (Å²) in [7, 11) is 0. The van der Waals surface area contributed by atoms with E-state index in [4.69, 9.17) is 5.11 Å². The van der Waals surface area contributed by atoms with Crippen LogP contribution in [0.4, 0.5) is 13.2 Å². The zero-order valence-electron chi connectivity index (χ0n) is 5.57. The van der Waals surface area contributed by atoms with Crippen molar-refractivity contribution in [1.29, 1.82) is 0 Å². The van der Waals surface area contributed by atoms with Crippen LogP contribution in [0.25, 0.3) is 0 Å². The van der Waals surface area contributed by atoms with E-state index in [9.17, 15) is 13.2 Å². The van der Waals surface area contributed by atoms with E-state index in [0.717, 1.165) is 0 Å². The molecule has 0 radical (unpaired) electrons. The highest BCUT2D eigenvalue weighted by molar-refractivity contribution is 4.97. The highest BCUT2D eigenvalue weighted by Crippen LogP contribution is 2.52. The Hall–Kier alpha value is -0.250. The first-order chi connectivity index (χ1) is 4.36. The molecule has 0 heterocycles. The maximum Gasteiger partial charge on any atom is 0.414 e. The molecule has 0 spiro atoms. The van der Waals surface area contributed by atoms with Gasteiger partial charge in [0.2, 0.25) is 0 Å². The van der Waals surface area contributed by atoms with Crippen molar-refractivity contribution in [2.75, 3.05) is 0 Å². The summed E-state index contributed by atoms with van der Waals surface area (Å²) in [5.41, 5.74) is -0.877. The van der Waals surface area contributed by atoms with E-state index in [1.165, 1.54) is 6.92 Å². The van der Waals surface area contributed by atoms with Gasteiger partial charge in [-0.2, -0.15) is 13.2 Å². The summed E-state index contributed by atoms with van der Waals surface area (Å²) in [5.74, 6) is 0. The lowest BCUT2D eigenvalue weighted by molar-refractivity contribution is -0.222. The van der Waals surface area contributed by atoms with Crippen LogP contribution >= 0.6 is 0 Å². The molecule has 1 saturated carbocycles. The molecule has 4 heteroatoms. The normalized spacial score (nSPS) is 26.1. The number of halogens is 3. The number of aliphatic hydroxyl groups excluding tert-OH is 1. The monoisotopic (exact) mass is 154 g/mol. The van der Waals surface area contributed by atoms with Gasteiger partial charge in [0.05, 0.1) is 0 Å². The van der Waals surface area contributed by atoms with Crippen LogP contribution in [0.15, 0.2) is 0 Å². The van der Waals surface area contributed by atoms with Gasteiger partial charge in [-0.15, -0.1) is 0 Å². The van der Waals surface area contributed by atoms with E-state index in [-0.39, 0.29) is 0 Å². The van der Waals surface area contributed by atoms with Crippen molar-refractivity contribution >= 4 is 0 Å². The van der Waals surface area contributed by atoms with E-state index >= 15 is 0 Å². The molecule has 0 saturated heterocycles. The molecule has 0 unspecified atom stereocenters. The van der Waals surface area contributed by atoms with Gasteiger partial charge >= 0.3 is 6.18 Å². The van der Waals surface area contributed by atoms with Crippen molar-refractivity contribution in [3.05, 3.63) is 0 Å². The van der Waals surface area contributed by atoms with Crippen molar-refractivity contribution in [3.8, 4) is 0 Å². The van der Waals surface area contributed by atoms with Gasteiger partial charge in [0.1, 0.15) is 0 Å². The van der Waals surface area contributed by atoms with Gasteiger partial charge in [0.25, 0.3) is 0 Å². The third-order valence-electron chi connectivity index (χ3n) is 2.01. The van der Waals surface area contributed by atoms with Crippen LogP contribution in [-0.4, -0.2) is 17.4 Å². The Bertz CT molecular complexity index is 131. The summed E-state index contributed by atoms with van der Waals surface area (Å²) in [5, 5.41) is 8.66. The summed E-state index contributed by atoms with van der Waals surface area (Å²) in [4.78, 5) is 0. The highest BCUT2D eigenvalue weighted by atomic mass is 19.4. The maximum absolute atomic E-state index is 11.7.